The van der Waals surface area contributed by atoms with Crippen LogP contribution in [0, 0.1) is 0 Å². The normalized spacial score (nSPS) is 17.2. The van der Waals surface area contributed by atoms with Crippen LogP contribution in [-0.2, 0) is 0 Å². The summed E-state index contributed by atoms with van der Waals surface area (Å²) in [5.41, 5.74) is 0.997. The first-order valence-corrected chi connectivity index (χ1v) is 7.10. The van der Waals surface area contributed by atoms with E-state index in [4.69, 9.17) is 4.74 Å². The van der Waals surface area contributed by atoms with Crippen LogP contribution < -0.4 is 10.1 Å². The largest absolute Gasteiger partial charge is 0.493 e. The van der Waals surface area contributed by atoms with Gasteiger partial charge in [0.05, 0.1) is 12.6 Å². The second-order valence-corrected chi connectivity index (χ2v) is 5.40. The van der Waals surface area contributed by atoms with E-state index in [1.165, 1.54) is 0 Å². The van der Waals surface area contributed by atoms with E-state index in [1.807, 2.05) is 38.1 Å². The van der Waals surface area contributed by atoms with Crippen LogP contribution in [0.1, 0.15) is 54.2 Å². The number of hydrogen-bond acceptors (Lipinski definition) is 4. The number of amides is 1. The molecule has 0 aliphatic carbocycles. The summed E-state index contributed by atoms with van der Waals surface area (Å²) < 4.78 is 5.59. The number of carbonyl (C=O) groups is 1. The van der Waals surface area contributed by atoms with E-state index < -0.39 is 0 Å². The molecule has 0 saturated heterocycles. The van der Waals surface area contributed by atoms with Gasteiger partial charge in [0.15, 0.2) is 0 Å². The van der Waals surface area contributed by atoms with E-state index in [0.717, 1.165) is 17.7 Å². The van der Waals surface area contributed by atoms with Gasteiger partial charge in [-0.2, -0.15) is 0 Å². The standard InChI is InChI=1S/C15H18N4O2/c1-9(2)13-17-14(19-18-13)15(20)16-11-7-8-21-12-6-4-3-5-10(11)12/h3-6,9,11H,7-8H2,1-2H3,(H,16,20)(H,17,18,19). The Morgan fingerprint density at radius 2 is 2.24 bits per heavy atom. The molecule has 0 saturated carbocycles. The van der Waals surface area contributed by atoms with Crippen molar-refractivity contribution < 1.29 is 9.53 Å². The molecule has 1 aliphatic rings. The number of fused-ring (bicyclic) bond motifs is 1. The molecule has 21 heavy (non-hydrogen) atoms. The fraction of sp³-hybridized carbons (Fsp3) is 0.400. The molecule has 110 valence electrons. The molecule has 0 radical (unpaired) electrons. The third kappa shape index (κ3) is 2.74. The maximum Gasteiger partial charge on any atom is 0.291 e. The van der Waals surface area contributed by atoms with Crippen molar-refractivity contribution in [3.63, 3.8) is 0 Å². The lowest BCUT2D eigenvalue weighted by Crippen LogP contribution is -2.32. The second kappa shape index (κ2) is 5.55. The lowest BCUT2D eigenvalue weighted by Gasteiger charge is -2.26. The molecule has 3 rings (SSSR count). The first kappa shape index (κ1) is 13.6. The van der Waals surface area contributed by atoms with Crippen molar-refractivity contribution in [3.05, 3.63) is 41.5 Å². The minimum atomic E-state index is -0.264. The molecule has 1 aliphatic heterocycles. The van der Waals surface area contributed by atoms with Crippen LogP contribution in [0.15, 0.2) is 24.3 Å². The van der Waals surface area contributed by atoms with E-state index >= 15 is 0 Å². The van der Waals surface area contributed by atoms with Crippen molar-refractivity contribution >= 4 is 5.91 Å². The van der Waals surface area contributed by atoms with Gasteiger partial charge in [-0.05, 0) is 6.07 Å². The molecular weight excluding hydrogens is 268 g/mol. The van der Waals surface area contributed by atoms with E-state index in [9.17, 15) is 4.79 Å². The summed E-state index contributed by atoms with van der Waals surface area (Å²) in [4.78, 5) is 16.5. The summed E-state index contributed by atoms with van der Waals surface area (Å²) in [5, 5.41) is 9.75. The molecule has 0 spiro atoms. The Hall–Kier alpha value is -2.37. The molecule has 0 bridgehead atoms. The molecule has 6 heteroatoms. The third-order valence-corrected chi connectivity index (χ3v) is 3.52. The zero-order chi connectivity index (χ0) is 14.8. The molecule has 1 aromatic carbocycles. The maximum atomic E-state index is 12.3. The lowest BCUT2D eigenvalue weighted by molar-refractivity contribution is 0.0914. The summed E-state index contributed by atoms with van der Waals surface area (Å²) >= 11 is 0. The number of para-hydroxylation sites is 1. The van der Waals surface area contributed by atoms with Crippen LogP contribution in [0.2, 0.25) is 0 Å². The average molecular weight is 286 g/mol. The smallest absolute Gasteiger partial charge is 0.291 e. The third-order valence-electron chi connectivity index (χ3n) is 3.52. The zero-order valence-corrected chi connectivity index (χ0v) is 12.1. The van der Waals surface area contributed by atoms with Crippen molar-refractivity contribution in [2.45, 2.75) is 32.2 Å². The van der Waals surface area contributed by atoms with Crippen LogP contribution in [0.25, 0.3) is 0 Å². The first-order valence-electron chi connectivity index (χ1n) is 7.10. The molecule has 0 fully saturated rings. The van der Waals surface area contributed by atoms with Gasteiger partial charge in [0.1, 0.15) is 11.6 Å². The monoisotopic (exact) mass is 286 g/mol. The zero-order valence-electron chi connectivity index (χ0n) is 12.1. The highest BCUT2D eigenvalue weighted by atomic mass is 16.5. The Balaban J connectivity index is 1.76. The van der Waals surface area contributed by atoms with Gasteiger partial charge in [0.25, 0.3) is 5.91 Å². The summed E-state index contributed by atoms with van der Waals surface area (Å²) in [7, 11) is 0. The molecule has 2 aromatic rings. The van der Waals surface area contributed by atoms with Crippen molar-refractivity contribution in [1.29, 1.82) is 0 Å². The van der Waals surface area contributed by atoms with Gasteiger partial charge in [0, 0.05) is 17.9 Å². The van der Waals surface area contributed by atoms with Crippen LogP contribution in [0.3, 0.4) is 0 Å². The molecule has 1 amide bonds. The van der Waals surface area contributed by atoms with Crippen molar-refractivity contribution in [1.82, 2.24) is 20.5 Å². The number of nitrogens with one attached hydrogen (secondary N) is 2. The summed E-state index contributed by atoms with van der Waals surface area (Å²) in [5.74, 6) is 1.67. The number of rotatable bonds is 3. The van der Waals surface area contributed by atoms with E-state index in [-0.39, 0.29) is 23.7 Å². The number of H-pyrrole nitrogens is 1. The van der Waals surface area contributed by atoms with E-state index in [2.05, 4.69) is 20.5 Å². The predicted octanol–water partition coefficient (Wildman–Crippen LogP) is 2.18. The number of aromatic amines is 1. The maximum absolute atomic E-state index is 12.3. The molecule has 1 aromatic heterocycles. The number of carbonyl (C=O) groups excluding carboxylic acids is 1. The summed E-state index contributed by atoms with van der Waals surface area (Å²) in [6.07, 6.45) is 0.740. The van der Waals surface area contributed by atoms with Crippen LogP contribution in [0.4, 0.5) is 0 Å². The van der Waals surface area contributed by atoms with E-state index in [1.54, 1.807) is 0 Å². The lowest BCUT2D eigenvalue weighted by atomic mass is 10.0. The van der Waals surface area contributed by atoms with Gasteiger partial charge in [-0.25, -0.2) is 4.98 Å². The SMILES string of the molecule is CC(C)c1nc(C(=O)NC2CCOc3ccccc32)n[nH]1. The Morgan fingerprint density at radius 1 is 1.43 bits per heavy atom. The highest BCUT2D eigenvalue weighted by Crippen LogP contribution is 2.31. The number of hydrogen-bond donors (Lipinski definition) is 2. The highest BCUT2D eigenvalue weighted by molar-refractivity contribution is 5.90. The number of ether oxygens (including phenoxy) is 1. The second-order valence-electron chi connectivity index (χ2n) is 5.40. The summed E-state index contributed by atoms with van der Waals surface area (Å²) in [6.45, 7) is 4.58. The number of nitrogens with zero attached hydrogens (tertiary/aromatic N) is 2. The molecule has 1 unspecified atom stereocenters. The molecule has 2 heterocycles. The van der Waals surface area contributed by atoms with Gasteiger partial charge >= 0.3 is 0 Å². The molecule has 1 atom stereocenters. The van der Waals surface area contributed by atoms with Crippen LogP contribution >= 0.6 is 0 Å². The van der Waals surface area contributed by atoms with Crippen LogP contribution in [-0.4, -0.2) is 27.7 Å². The predicted molar refractivity (Wildman–Crippen MR) is 77.2 cm³/mol. The fourth-order valence-electron chi connectivity index (χ4n) is 2.35. The number of aromatic nitrogens is 3. The van der Waals surface area contributed by atoms with Crippen molar-refractivity contribution in [2.24, 2.45) is 0 Å². The molecule has 6 nitrogen and oxygen atoms in total. The van der Waals surface area contributed by atoms with Gasteiger partial charge in [-0.15, -0.1) is 5.10 Å². The number of benzene rings is 1. The first-order chi connectivity index (χ1) is 10.1. The highest BCUT2D eigenvalue weighted by Gasteiger charge is 2.24. The minimum Gasteiger partial charge on any atom is -0.493 e. The Kier molecular flexibility index (Phi) is 3.60. The van der Waals surface area contributed by atoms with Gasteiger partial charge in [-0.1, -0.05) is 32.0 Å². The fourth-order valence-corrected chi connectivity index (χ4v) is 2.35. The van der Waals surface area contributed by atoms with Crippen molar-refractivity contribution in [3.8, 4) is 5.75 Å². The molecular formula is C15H18N4O2. The Morgan fingerprint density at radius 3 is 3.00 bits per heavy atom. The van der Waals surface area contributed by atoms with Crippen LogP contribution in [0.5, 0.6) is 5.75 Å². The van der Waals surface area contributed by atoms with Gasteiger partial charge < -0.3 is 10.1 Å². The van der Waals surface area contributed by atoms with Gasteiger partial charge in [-0.3, -0.25) is 9.89 Å². The Labute approximate surface area is 122 Å². The topological polar surface area (TPSA) is 79.9 Å². The van der Waals surface area contributed by atoms with Gasteiger partial charge in [0.2, 0.25) is 5.82 Å². The van der Waals surface area contributed by atoms with E-state index in [0.29, 0.717) is 12.4 Å². The Bertz CT molecular complexity index is 651. The molecule has 2 N–H and O–H groups in total. The minimum absolute atomic E-state index is 0.0663. The summed E-state index contributed by atoms with van der Waals surface area (Å²) in [6, 6.07) is 7.68. The van der Waals surface area contributed by atoms with Crippen molar-refractivity contribution in [2.75, 3.05) is 6.61 Å². The average Bonchev–Trinajstić information content (AvgIpc) is 2.98. The quantitative estimate of drug-likeness (QED) is 0.906.